The average Bonchev–Trinajstić information content (AvgIpc) is 3.49. The van der Waals surface area contributed by atoms with Crippen molar-refractivity contribution >= 4 is 34.9 Å². The molecule has 0 aliphatic heterocycles. The first-order valence-corrected chi connectivity index (χ1v) is 11.5. The van der Waals surface area contributed by atoms with E-state index >= 15 is 0 Å². The van der Waals surface area contributed by atoms with Crippen molar-refractivity contribution in [2.24, 2.45) is 7.05 Å². The van der Waals surface area contributed by atoms with Crippen LogP contribution in [0.2, 0.25) is 0 Å². The molecule has 0 atom stereocenters. The Morgan fingerprint density at radius 3 is 2.54 bits per heavy atom. The van der Waals surface area contributed by atoms with Crippen LogP contribution >= 0.6 is 0 Å². The molecule has 4 N–H and O–H groups in total. The Hall–Kier alpha value is -5.06. The third kappa shape index (κ3) is 5.96. The van der Waals surface area contributed by atoms with E-state index in [0.29, 0.717) is 23.3 Å². The minimum atomic E-state index is -0.472. The third-order valence-electron chi connectivity index (χ3n) is 5.41. The van der Waals surface area contributed by atoms with Crippen molar-refractivity contribution in [2.45, 2.75) is 13.3 Å². The molecule has 0 saturated carbocycles. The molecule has 0 unspecified atom stereocenters. The number of para-hydroxylation sites is 1. The Kier molecular flexibility index (Phi) is 6.58. The standard InChI is InChI=1S/C26H24FN9O/c1-16-11-24(35-34-16)32-23-13-22(18-14-28-36(2)15-18)31-26(33-23)29-19-9-7-17(8-10-19)12-25(37)30-21-6-4-3-5-20(21)27/h3-11,13-15H,12H2,1-2H3,(H,30,37)(H3,29,31,32,33,34,35). The van der Waals surface area contributed by atoms with Crippen LogP contribution in [-0.4, -0.2) is 35.9 Å². The van der Waals surface area contributed by atoms with Crippen LogP contribution in [0.15, 0.2) is 73.1 Å². The molecule has 37 heavy (non-hydrogen) atoms. The lowest BCUT2D eigenvalue weighted by atomic mass is 10.1. The zero-order valence-electron chi connectivity index (χ0n) is 20.2. The number of carbonyl (C=O) groups excluding carboxylic acids is 1. The molecule has 1 amide bonds. The van der Waals surface area contributed by atoms with Crippen molar-refractivity contribution in [1.82, 2.24) is 29.9 Å². The van der Waals surface area contributed by atoms with E-state index in [4.69, 9.17) is 0 Å². The number of aromatic amines is 1. The molecule has 0 radical (unpaired) electrons. The molecule has 3 heterocycles. The summed E-state index contributed by atoms with van der Waals surface area (Å²) in [5, 5.41) is 20.3. The maximum Gasteiger partial charge on any atom is 0.229 e. The van der Waals surface area contributed by atoms with Gasteiger partial charge >= 0.3 is 0 Å². The zero-order chi connectivity index (χ0) is 25.8. The van der Waals surface area contributed by atoms with Crippen molar-refractivity contribution < 1.29 is 9.18 Å². The van der Waals surface area contributed by atoms with Crippen LogP contribution in [0.1, 0.15) is 11.3 Å². The Morgan fingerprint density at radius 2 is 1.84 bits per heavy atom. The number of amides is 1. The predicted molar refractivity (Wildman–Crippen MR) is 139 cm³/mol. The molecule has 0 bridgehead atoms. The van der Waals surface area contributed by atoms with Gasteiger partial charge < -0.3 is 16.0 Å². The lowest BCUT2D eigenvalue weighted by molar-refractivity contribution is -0.115. The van der Waals surface area contributed by atoms with Gasteiger partial charge in [0, 0.05) is 42.3 Å². The number of nitrogens with zero attached hydrogens (tertiary/aromatic N) is 5. The number of anilines is 5. The summed E-state index contributed by atoms with van der Waals surface area (Å²) in [6.45, 7) is 1.92. The van der Waals surface area contributed by atoms with E-state index in [1.54, 1.807) is 23.0 Å². The molecule has 0 fully saturated rings. The fourth-order valence-electron chi connectivity index (χ4n) is 3.66. The van der Waals surface area contributed by atoms with E-state index in [9.17, 15) is 9.18 Å². The lowest BCUT2D eigenvalue weighted by Gasteiger charge is -2.11. The van der Waals surface area contributed by atoms with Gasteiger partial charge in [0.05, 0.1) is 24.0 Å². The molecule has 5 aromatic rings. The van der Waals surface area contributed by atoms with Gasteiger partial charge in [-0.05, 0) is 36.8 Å². The normalized spacial score (nSPS) is 10.8. The number of halogens is 1. The van der Waals surface area contributed by atoms with Gasteiger partial charge in [0.15, 0.2) is 5.82 Å². The number of carbonyl (C=O) groups is 1. The minimum Gasteiger partial charge on any atom is -0.324 e. The molecule has 3 aromatic heterocycles. The number of benzene rings is 2. The van der Waals surface area contributed by atoms with Gasteiger partial charge in [-0.2, -0.15) is 15.2 Å². The predicted octanol–water partition coefficient (Wildman–Crippen LogP) is 4.72. The molecule has 0 spiro atoms. The summed E-state index contributed by atoms with van der Waals surface area (Å²) in [6.07, 6.45) is 3.71. The van der Waals surface area contributed by atoms with E-state index in [0.717, 1.165) is 22.5 Å². The van der Waals surface area contributed by atoms with Crippen molar-refractivity contribution in [3.63, 3.8) is 0 Å². The van der Waals surface area contributed by atoms with E-state index in [1.165, 1.54) is 12.1 Å². The van der Waals surface area contributed by atoms with E-state index in [1.807, 2.05) is 56.6 Å². The molecular weight excluding hydrogens is 473 g/mol. The number of rotatable bonds is 8. The third-order valence-corrected chi connectivity index (χ3v) is 5.41. The maximum atomic E-state index is 13.8. The van der Waals surface area contributed by atoms with Crippen molar-refractivity contribution in [2.75, 3.05) is 16.0 Å². The first kappa shape index (κ1) is 23.7. The molecule has 11 heteroatoms. The van der Waals surface area contributed by atoms with Gasteiger partial charge in [0.2, 0.25) is 11.9 Å². The summed E-state index contributed by atoms with van der Waals surface area (Å²) in [4.78, 5) is 21.6. The van der Waals surface area contributed by atoms with Gasteiger partial charge in [-0.3, -0.25) is 14.6 Å². The zero-order valence-corrected chi connectivity index (χ0v) is 20.2. The smallest absolute Gasteiger partial charge is 0.229 e. The fourth-order valence-corrected chi connectivity index (χ4v) is 3.66. The molecule has 0 saturated heterocycles. The summed E-state index contributed by atoms with van der Waals surface area (Å²) in [7, 11) is 1.84. The molecular formula is C26H24FN9O. The second-order valence-electron chi connectivity index (χ2n) is 8.45. The van der Waals surface area contributed by atoms with Gasteiger partial charge in [-0.15, -0.1) is 0 Å². The molecule has 10 nitrogen and oxygen atoms in total. The van der Waals surface area contributed by atoms with E-state index in [-0.39, 0.29) is 18.0 Å². The highest BCUT2D eigenvalue weighted by atomic mass is 19.1. The molecule has 5 rings (SSSR count). The monoisotopic (exact) mass is 497 g/mol. The lowest BCUT2D eigenvalue weighted by Crippen LogP contribution is -2.15. The number of aromatic nitrogens is 6. The van der Waals surface area contributed by atoms with Crippen LogP contribution in [-0.2, 0) is 18.3 Å². The van der Waals surface area contributed by atoms with Crippen LogP contribution in [0.3, 0.4) is 0 Å². The number of H-pyrrole nitrogens is 1. The summed E-state index contributed by atoms with van der Waals surface area (Å²) in [5.74, 6) is 0.797. The second-order valence-corrected chi connectivity index (χ2v) is 8.45. The Morgan fingerprint density at radius 1 is 1.03 bits per heavy atom. The summed E-state index contributed by atoms with van der Waals surface area (Å²) in [5.41, 5.74) is 4.12. The highest BCUT2D eigenvalue weighted by Crippen LogP contribution is 2.25. The Labute approximate surface area is 212 Å². The van der Waals surface area contributed by atoms with Crippen molar-refractivity contribution in [1.29, 1.82) is 0 Å². The van der Waals surface area contributed by atoms with Crippen LogP contribution in [0.4, 0.5) is 33.3 Å². The largest absolute Gasteiger partial charge is 0.324 e. The molecule has 0 aliphatic carbocycles. The summed E-state index contributed by atoms with van der Waals surface area (Å²) in [6, 6.07) is 17.1. The maximum absolute atomic E-state index is 13.8. The average molecular weight is 498 g/mol. The van der Waals surface area contributed by atoms with Crippen LogP contribution in [0.25, 0.3) is 11.3 Å². The SMILES string of the molecule is Cc1cc(Nc2cc(-c3cnn(C)c3)nc(Nc3ccc(CC(=O)Nc4ccccc4F)cc3)n2)n[nH]1. The van der Waals surface area contributed by atoms with Gasteiger partial charge in [0.25, 0.3) is 0 Å². The first-order valence-electron chi connectivity index (χ1n) is 11.5. The topological polar surface area (TPSA) is 125 Å². The van der Waals surface area contributed by atoms with Crippen LogP contribution in [0.5, 0.6) is 0 Å². The summed E-state index contributed by atoms with van der Waals surface area (Å²) >= 11 is 0. The number of hydrogen-bond donors (Lipinski definition) is 4. The minimum absolute atomic E-state index is 0.110. The van der Waals surface area contributed by atoms with Crippen molar-refractivity contribution in [3.8, 4) is 11.3 Å². The van der Waals surface area contributed by atoms with Crippen molar-refractivity contribution in [3.05, 3.63) is 90.1 Å². The molecule has 0 aliphatic rings. The van der Waals surface area contributed by atoms with E-state index in [2.05, 4.69) is 41.2 Å². The van der Waals surface area contributed by atoms with Gasteiger partial charge in [0.1, 0.15) is 11.6 Å². The van der Waals surface area contributed by atoms with Gasteiger partial charge in [-0.25, -0.2) is 9.37 Å². The molecule has 2 aromatic carbocycles. The van der Waals surface area contributed by atoms with Crippen LogP contribution < -0.4 is 16.0 Å². The first-order chi connectivity index (χ1) is 17.9. The van der Waals surface area contributed by atoms with E-state index < -0.39 is 5.82 Å². The van der Waals surface area contributed by atoms with Gasteiger partial charge in [-0.1, -0.05) is 24.3 Å². The number of aryl methyl sites for hydroxylation is 2. The highest BCUT2D eigenvalue weighted by Gasteiger charge is 2.11. The Balaban J connectivity index is 1.32. The second kappa shape index (κ2) is 10.3. The van der Waals surface area contributed by atoms with Crippen LogP contribution in [0, 0.1) is 12.7 Å². The number of nitrogens with one attached hydrogen (secondary N) is 4. The number of hydrogen-bond acceptors (Lipinski definition) is 7. The Bertz CT molecular complexity index is 1540. The highest BCUT2D eigenvalue weighted by molar-refractivity contribution is 5.92. The summed E-state index contributed by atoms with van der Waals surface area (Å²) < 4.78 is 15.5. The fraction of sp³-hybridized carbons (Fsp3) is 0.115. The molecule has 186 valence electrons. The quantitative estimate of drug-likeness (QED) is 0.244.